The first-order valence-corrected chi connectivity index (χ1v) is 12.3. The third kappa shape index (κ3) is 8.65. The van der Waals surface area contributed by atoms with Crippen molar-refractivity contribution in [3.63, 3.8) is 0 Å². The molecule has 1 aromatic carbocycles. The fourth-order valence-corrected chi connectivity index (χ4v) is 4.90. The van der Waals surface area contributed by atoms with Gasteiger partial charge in [0.15, 0.2) is 0 Å². The lowest BCUT2D eigenvalue weighted by Gasteiger charge is -2.30. The number of hydrazine groups is 1. The Hall–Kier alpha value is -1.11. The van der Waals surface area contributed by atoms with Crippen LogP contribution in [0.2, 0.25) is 0 Å². The first kappa shape index (κ1) is 24.2. The topological polar surface area (TPSA) is 78.6 Å². The van der Waals surface area contributed by atoms with Crippen LogP contribution in [0.1, 0.15) is 64.7 Å². The van der Waals surface area contributed by atoms with Gasteiger partial charge in [-0.1, -0.05) is 73.2 Å². The Balaban J connectivity index is 1.90. The fraction of sp³-hybridized carbons (Fsp3) is 0.696. The number of nitrogens with two attached hydrogens (primary N) is 1. The molecule has 1 amide bonds. The minimum Gasteiger partial charge on any atom is -0.382 e. The van der Waals surface area contributed by atoms with Gasteiger partial charge in [-0.15, -0.1) is 0 Å². The van der Waals surface area contributed by atoms with E-state index in [2.05, 4.69) is 28.3 Å². The number of alkyl halides is 1. The summed E-state index contributed by atoms with van der Waals surface area (Å²) < 4.78 is 0. The minimum atomic E-state index is -1.18. The van der Waals surface area contributed by atoms with E-state index in [4.69, 9.17) is 5.73 Å². The second-order valence-corrected chi connectivity index (χ2v) is 9.33. The van der Waals surface area contributed by atoms with Crippen LogP contribution in [0.25, 0.3) is 0 Å². The predicted octanol–water partition coefficient (Wildman–Crippen LogP) is 4.38. The zero-order valence-corrected chi connectivity index (χ0v) is 19.3. The highest BCUT2D eigenvalue weighted by molar-refractivity contribution is 9.09. The van der Waals surface area contributed by atoms with E-state index in [1.54, 1.807) is 0 Å². The van der Waals surface area contributed by atoms with Crippen LogP contribution in [-0.4, -0.2) is 35.0 Å². The van der Waals surface area contributed by atoms with Gasteiger partial charge in [-0.05, 0) is 49.7 Å². The number of para-hydroxylation sites is 1. The Bertz CT molecular complexity index is 581. The second kappa shape index (κ2) is 13.2. The molecular weight excluding hydrogens is 430 g/mol. The van der Waals surface area contributed by atoms with Crippen LogP contribution in [0, 0.1) is 11.8 Å². The molecule has 0 radical (unpaired) electrons. The Morgan fingerprint density at radius 3 is 2.59 bits per heavy atom. The van der Waals surface area contributed by atoms with Crippen molar-refractivity contribution < 1.29 is 9.90 Å². The number of halogens is 1. The number of hydrogen-bond donors (Lipinski definition) is 3. The van der Waals surface area contributed by atoms with Crippen LogP contribution >= 0.6 is 15.9 Å². The Kier molecular flexibility index (Phi) is 11.0. The zero-order chi connectivity index (χ0) is 21.1. The molecule has 0 aliphatic heterocycles. The van der Waals surface area contributed by atoms with E-state index in [1.807, 2.05) is 35.3 Å². The minimum absolute atomic E-state index is 0.411. The predicted molar refractivity (Wildman–Crippen MR) is 124 cm³/mol. The summed E-state index contributed by atoms with van der Waals surface area (Å²) in [6.45, 7) is 2.95. The Morgan fingerprint density at radius 1 is 1.24 bits per heavy atom. The maximum absolute atomic E-state index is 12.7. The molecule has 1 unspecified atom stereocenters. The molecule has 0 aromatic heterocycles. The van der Waals surface area contributed by atoms with Crippen molar-refractivity contribution in [1.29, 1.82) is 0 Å². The van der Waals surface area contributed by atoms with Crippen LogP contribution in [0.3, 0.4) is 0 Å². The Morgan fingerprint density at radius 2 is 1.93 bits per heavy atom. The molecule has 2 rings (SSSR count). The number of amides is 1. The molecule has 1 saturated carbocycles. The van der Waals surface area contributed by atoms with Gasteiger partial charge in [0.05, 0.1) is 5.69 Å². The number of rotatable bonds is 12. The molecule has 4 N–H and O–H groups in total. The summed E-state index contributed by atoms with van der Waals surface area (Å²) in [6, 6.07) is 9.28. The van der Waals surface area contributed by atoms with E-state index in [1.165, 1.54) is 19.3 Å². The van der Waals surface area contributed by atoms with E-state index in [0.29, 0.717) is 24.8 Å². The molecule has 0 spiro atoms. The number of carbonyl (C=O) groups is 1. The van der Waals surface area contributed by atoms with E-state index in [0.717, 1.165) is 43.1 Å². The summed E-state index contributed by atoms with van der Waals surface area (Å²) in [7, 11) is 0. The van der Waals surface area contributed by atoms with Crippen LogP contribution < -0.4 is 16.2 Å². The van der Waals surface area contributed by atoms with Crippen LogP contribution in [0.4, 0.5) is 5.69 Å². The number of aliphatic hydroxyl groups excluding tert-OH is 1. The van der Waals surface area contributed by atoms with Gasteiger partial charge in [-0.2, -0.15) is 0 Å². The molecule has 1 fully saturated rings. The molecule has 0 bridgehead atoms. The van der Waals surface area contributed by atoms with E-state index in [-0.39, 0.29) is 0 Å². The van der Waals surface area contributed by atoms with Crippen molar-refractivity contribution in [2.75, 3.05) is 16.9 Å². The van der Waals surface area contributed by atoms with Crippen LogP contribution in [-0.2, 0) is 4.79 Å². The number of hydrogen-bond acceptors (Lipinski definition) is 4. The van der Waals surface area contributed by atoms with Gasteiger partial charge in [0.1, 0.15) is 6.10 Å². The monoisotopic (exact) mass is 467 g/mol. The molecule has 1 aromatic rings. The van der Waals surface area contributed by atoms with Crippen molar-refractivity contribution in [2.45, 2.75) is 76.9 Å². The smallest absolute Gasteiger partial charge is 0.268 e. The van der Waals surface area contributed by atoms with Gasteiger partial charge < -0.3 is 10.8 Å². The second-order valence-electron chi connectivity index (χ2n) is 8.54. The van der Waals surface area contributed by atoms with Crippen molar-refractivity contribution in [3.05, 3.63) is 30.3 Å². The molecule has 6 heteroatoms. The quantitative estimate of drug-likeness (QED) is 0.314. The highest BCUT2D eigenvalue weighted by Gasteiger charge is 2.27. The summed E-state index contributed by atoms with van der Waals surface area (Å²) in [4.78, 5) is 12.7. The first-order chi connectivity index (χ1) is 14.0. The molecule has 5 nitrogen and oxygen atoms in total. The van der Waals surface area contributed by atoms with Gasteiger partial charge in [-0.3, -0.25) is 15.2 Å². The number of nitrogens with zero attached hydrogens (tertiary/aromatic N) is 1. The van der Waals surface area contributed by atoms with E-state index < -0.39 is 18.1 Å². The zero-order valence-electron chi connectivity index (χ0n) is 17.7. The number of benzene rings is 1. The average molecular weight is 468 g/mol. The third-order valence-electron chi connectivity index (χ3n) is 6.00. The summed E-state index contributed by atoms with van der Waals surface area (Å²) in [5, 5.41) is 13.4. The summed E-state index contributed by atoms with van der Waals surface area (Å²) in [6.07, 6.45) is 8.79. The van der Waals surface area contributed by atoms with Crippen molar-refractivity contribution in [2.24, 2.45) is 17.6 Å². The number of carbonyl (C=O) groups excluding carboxylic acids is 1. The van der Waals surface area contributed by atoms with E-state index >= 15 is 0 Å². The summed E-state index contributed by atoms with van der Waals surface area (Å²) in [5.74, 6) is 0.755. The molecule has 3 atom stereocenters. The van der Waals surface area contributed by atoms with Crippen LogP contribution in [0.5, 0.6) is 0 Å². The van der Waals surface area contributed by atoms with Gasteiger partial charge >= 0.3 is 0 Å². The summed E-state index contributed by atoms with van der Waals surface area (Å²) >= 11 is 3.50. The van der Waals surface area contributed by atoms with Gasteiger partial charge in [-0.25, -0.2) is 0 Å². The molecule has 164 valence electrons. The molecule has 1 aliphatic rings. The van der Waals surface area contributed by atoms with Crippen molar-refractivity contribution >= 4 is 27.5 Å². The maximum atomic E-state index is 12.7. The fourth-order valence-electron chi connectivity index (χ4n) is 4.12. The lowest BCUT2D eigenvalue weighted by Crippen LogP contribution is -2.53. The molecule has 0 saturated heterocycles. The Labute approximate surface area is 184 Å². The maximum Gasteiger partial charge on any atom is 0.268 e. The largest absolute Gasteiger partial charge is 0.382 e. The SMILES string of the molecule is C[C@H](CCBr)CCCN(NC(=O)C(O)[C@H](N)CC1CCCCC1)c1ccccc1. The highest BCUT2D eigenvalue weighted by Crippen LogP contribution is 2.27. The lowest BCUT2D eigenvalue weighted by atomic mass is 9.84. The molecule has 1 aliphatic carbocycles. The first-order valence-electron chi connectivity index (χ1n) is 11.1. The van der Waals surface area contributed by atoms with Gasteiger partial charge in [0.2, 0.25) is 0 Å². The van der Waals surface area contributed by atoms with Gasteiger partial charge in [0.25, 0.3) is 5.91 Å². The van der Waals surface area contributed by atoms with Crippen LogP contribution in [0.15, 0.2) is 30.3 Å². The van der Waals surface area contributed by atoms with Crippen molar-refractivity contribution in [3.8, 4) is 0 Å². The van der Waals surface area contributed by atoms with Crippen molar-refractivity contribution in [1.82, 2.24) is 5.43 Å². The molecule has 0 heterocycles. The normalized spacial score (nSPS) is 18.1. The number of anilines is 1. The standard InChI is InChI=1S/C23H38BrN3O2/c1-18(14-15-24)9-8-16-27(20-12-6-3-7-13-20)26-23(29)22(28)21(25)17-19-10-4-2-5-11-19/h3,6-7,12-13,18-19,21-22,28H,2,4-5,8-11,14-17,25H2,1H3,(H,26,29)/t18-,21+,22?/m0/s1. The third-order valence-corrected chi connectivity index (χ3v) is 6.46. The summed E-state index contributed by atoms with van der Waals surface area (Å²) in [5.41, 5.74) is 10.0. The highest BCUT2D eigenvalue weighted by atomic mass is 79.9. The number of aliphatic hydroxyl groups is 1. The average Bonchev–Trinajstić information content (AvgIpc) is 2.74. The number of nitrogens with one attached hydrogen (secondary N) is 1. The van der Waals surface area contributed by atoms with Gasteiger partial charge in [0, 0.05) is 17.9 Å². The van der Waals surface area contributed by atoms with E-state index in [9.17, 15) is 9.90 Å². The lowest BCUT2D eigenvalue weighted by molar-refractivity contribution is -0.130. The molecular formula is C23H38BrN3O2. The molecule has 29 heavy (non-hydrogen) atoms.